The molecule has 0 fully saturated rings. The molecule has 1 aromatic heterocycles. The summed E-state index contributed by atoms with van der Waals surface area (Å²) in [4.78, 5) is 28.1. The minimum atomic E-state index is -0.795. The van der Waals surface area contributed by atoms with Crippen LogP contribution < -0.4 is 10.6 Å². The van der Waals surface area contributed by atoms with Crippen LogP contribution in [-0.4, -0.2) is 18.0 Å². The van der Waals surface area contributed by atoms with Gasteiger partial charge in [0.2, 0.25) is 0 Å². The summed E-state index contributed by atoms with van der Waals surface area (Å²) in [5.74, 6) is -0.592. The summed E-state index contributed by atoms with van der Waals surface area (Å²) in [6.45, 7) is 0.0623. The van der Waals surface area contributed by atoms with E-state index in [0.29, 0.717) is 32.9 Å². The molecule has 3 rings (SSSR count). The Morgan fingerprint density at radius 3 is 2.46 bits per heavy atom. The summed E-state index contributed by atoms with van der Waals surface area (Å²) < 4.78 is 5.55. The van der Waals surface area contributed by atoms with Crippen molar-refractivity contribution in [2.75, 3.05) is 5.32 Å². The van der Waals surface area contributed by atoms with Crippen molar-refractivity contribution in [2.24, 2.45) is 4.99 Å². The van der Waals surface area contributed by atoms with Crippen LogP contribution in [0.5, 0.6) is 0 Å². The van der Waals surface area contributed by atoms with E-state index < -0.39 is 11.8 Å². The average Bonchev–Trinajstić information content (AvgIpc) is 3.12. The van der Waals surface area contributed by atoms with E-state index in [-0.39, 0.29) is 6.54 Å². The molecule has 0 unspecified atom stereocenters. The van der Waals surface area contributed by atoms with Crippen LogP contribution in [0.25, 0.3) is 0 Å². The van der Waals surface area contributed by atoms with Crippen molar-refractivity contribution in [1.82, 2.24) is 5.32 Å². The molecule has 0 saturated carbocycles. The Kier molecular flexibility index (Phi) is 6.47. The van der Waals surface area contributed by atoms with Crippen LogP contribution in [-0.2, 0) is 16.1 Å². The molecule has 1 heterocycles. The average molecular weight is 416 g/mol. The van der Waals surface area contributed by atoms with E-state index in [1.165, 1.54) is 0 Å². The van der Waals surface area contributed by atoms with Gasteiger partial charge in [-0.1, -0.05) is 35.3 Å². The number of nitrogens with zero attached hydrogens (tertiary/aromatic N) is 1. The number of hydrogen-bond acceptors (Lipinski definition) is 4. The first-order valence-electron chi connectivity index (χ1n) is 8.23. The van der Waals surface area contributed by atoms with Crippen LogP contribution in [0.1, 0.15) is 11.5 Å². The Morgan fingerprint density at radius 2 is 1.71 bits per heavy atom. The highest BCUT2D eigenvalue weighted by atomic mass is 35.5. The first kappa shape index (κ1) is 19.7. The fourth-order valence-electron chi connectivity index (χ4n) is 2.26. The number of rotatable bonds is 5. The molecular weight excluding hydrogens is 401 g/mol. The van der Waals surface area contributed by atoms with E-state index in [2.05, 4.69) is 15.6 Å². The second-order valence-corrected chi connectivity index (χ2v) is 6.56. The van der Waals surface area contributed by atoms with Gasteiger partial charge in [-0.2, -0.15) is 0 Å². The van der Waals surface area contributed by atoms with Gasteiger partial charge in [-0.25, -0.2) is 0 Å². The predicted octanol–water partition coefficient (Wildman–Crippen LogP) is 4.59. The molecular formula is C20H15Cl2N3O3. The third-order valence-corrected chi connectivity index (χ3v) is 4.01. The normalized spacial score (nSPS) is 10.8. The van der Waals surface area contributed by atoms with E-state index >= 15 is 0 Å². The lowest BCUT2D eigenvalue weighted by Gasteiger charge is -2.05. The van der Waals surface area contributed by atoms with Crippen molar-refractivity contribution >= 4 is 52.6 Å². The SMILES string of the molecule is O=C(NCc1ccc(C=Nc2cccc(Cl)c2)o1)C(=O)Nc1cccc(Cl)c1. The maximum absolute atomic E-state index is 11.9. The fourth-order valence-corrected chi connectivity index (χ4v) is 2.63. The number of hydrogen-bond donors (Lipinski definition) is 2. The molecule has 0 bridgehead atoms. The van der Waals surface area contributed by atoms with Crippen LogP contribution in [0.3, 0.4) is 0 Å². The molecule has 28 heavy (non-hydrogen) atoms. The molecule has 0 atom stereocenters. The monoisotopic (exact) mass is 415 g/mol. The Bertz CT molecular complexity index is 1030. The van der Waals surface area contributed by atoms with Crippen LogP contribution in [0.15, 0.2) is 70.1 Å². The van der Waals surface area contributed by atoms with Crippen LogP contribution in [0.2, 0.25) is 10.0 Å². The zero-order valence-electron chi connectivity index (χ0n) is 14.5. The first-order valence-corrected chi connectivity index (χ1v) is 8.98. The zero-order valence-corrected chi connectivity index (χ0v) is 16.0. The molecule has 0 aliphatic rings. The third kappa shape index (κ3) is 5.70. The van der Waals surface area contributed by atoms with Gasteiger partial charge in [0.05, 0.1) is 18.4 Å². The first-order chi connectivity index (χ1) is 13.5. The minimum Gasteiger partial charge on any atom is -0.458 e. The summed E-state index contributed by atoms with van der Waals surface area (Å²) >= 11 is 11.8. The van der Waals surface area contributed by atoms with Gasteiger partial charge in [-0.15, -0.1) is 0 Å². The fraction of sp³-hybridized carbons (Fsp3) is 0.0500. The summed E-state index contributed by atoms with van der Waals surface area (Å²) in [5.41, 5.74) is 1.13. The van der Waals surface area contributed by atoms with Crippen LogP contribution in [0.4, 0.5) is 11.4 Å². The molecule has 2 amide bonds. The van der Waals surface area contributed by atoms with E-state index in [4.69, 9.17) is 27.6 Å². The Hall–Kier alpha value is -3.09. The standard InChI is InChI=1S/C20H15Cl2N3O3/c21-13-3-1-5-15(9-13)23-11-17-7-8-18(28-17)12-24-19(26)20(27)25-16-6-2-4-14(22)10-16/h1-11H,12H2,(H,24,26)(H,25,27). The maximum Gasteiger partial charge on any atom is 0.313 e. The molecule has 6 nitrogen and oxygen atoms in total. The van der Waals surface area contributed by atoms with Crippen molar-refractivity contribution < 1.29 is 14.0 Å². The summed E-state index contributed by atoms with van der Waals surface area (Å²) in [7, 11) is 0. The quantitative estimate of drug-likeness (QED) is 0.471. The lowest BCUT2D eigenvalue weighted by molar-refractivity contribution is -0.136. The molecule has 0 aliphatic heterocycles. The molecule has 2 aromatic carbocycles. The van der Waals surface area contributed by atoms with Gasteiger partial charge in [0.25, 0.3) is 0 Å². The number of nitrogens with one attached hydrogen (secondary N) is 2. The number of amides is 2. The zero-order chi connectivity index (χ0) is 19.9. The Balaban J connectivity index is 1.52. The highest BCUT2D eigenvalue weighted by Gasteiger charge is 2.14. The van der Waals surface area contributed by atoms with Crippen molar-refractivity contribution in [1.29, 1.82) is 0 Å². The maximum atomic E-state index is 11.9. The minimum absolute atomic E-state index is 0.0623. The van der Waals surface area contributed by atoms with Gasteiger partial charge in [-0.3, -0.25) is 14.6 Å². The topological polar surface area (TPSA) is 83.7 Å². The summed E-state index contributed by atoms with van der Waals surface area (Å²) in [6, 6.07) is 17.0. The number of halogens is 2. The summed E-state index contributed by atoms with van der Waals surface area (Å²) in [6.07, 6.45) is 1.54. The number of carbonyl (C=O) groups excluding carboxylic acids is 2. The molecule has 0 aliphatic carbocycles. The van der Waals surface area contributed by atoms with Gasteiger partial charge in [0, 0.05) is 15.7 Å². The van der Waals surface area contributed by atoms with Crippen molar-refractivity contribution in [3.63, 3.8) is 0 Å². The van der Waals surface area contributed by atoms with Crippen molar-refractivity contribution in [3.8, 4) is 0 Å². The Labute approximate surface area is 171 Å². The molecule has 0 spiro atoms. The van der Waals surface area contributed by atoms with Gasteiger partial charge < -0.3 is 15.1 Å². The van der Waals surface area contributed by atoms with Crippen molar-refractivity contribution in [2.45, 2.75) is 6.54 Å². The third-order valence-electron chi connectivity index (χ3n) is 3.54. The molecule has 3 aromatic rings. The van der Waals surface area contributed by atoms with Gasteiger partial charge in [0.15, 0.2) is 0 Å². The lowest BCUT2D eigenvalue weighted by atomic mass is 10.3. The van der Waals surface area contributed by atoms with Crippen LogP contribution >= 0.6 is 23.2 Å². The smallest absolute Gasteiger partial charge is 0.313 e. The van der Waals surface area contributed by atoms with Gasteiger partial charge in [0.1, 0.15) is 11.5 Å². The number of carbonyl (C=O) groups is 2. The van der Waals surface area contributed by atoms with Crippen LogP contribution in [0, 0.1) is 0 Å². The van der Waals surface area contributed by atoms with Crippen molar-refractivity contribution in [3.05, 3.63) is 82.2 Å². The lowest BCUT2D eigenvalue weighted by Crippen LogP contribution is -2.34. The van der Waals surface area contributed by atoms with Gasteiger partial charge in [-0.05, 0) is 48.5 Å². The second kappa shape index (κ2) is 9.21. The number of aliphatic imine (C=N–C) groups is 1. The second-order valence-electron chi connectivity index (χ2n) is 5.69. The van der Waals surface area contributed by atoms with Gasteiger partial charge >= 0.3 is 11.8 Å². The highest BCUT2D eigenvalue weighted by molar-refractivity contribution is 6.39. The number of furan rings is 1. The Morgan fingerprint density at radius 1 is 0.964 bits per heavy atom. The molecule has 0 saturated heterocycles. The molecule has 8 heteroatoms. The van der Waals surface area contributed by atoms with E-state index in [0.717, 1.165) is 0 Å². The largest absolute Gasteiger partial charge is 0.458 e. The number of anilines is 1. The molecule has 142 valence electrons. The van der Waals surface area contributed by atoms with E-state index in [9.17, 15) is 9.59 Å². The predicted molar refractivity (Wildman–Crippen MR) is 109 cm³/mol. The van der Waals surface area contributed by atoms with E-state index in [1.807, 2.05) is 6.07 Å². The van der Waals surface area contributed by atoms with E-state index in [1.54, 1.807) is 60.8 Å². The highest BCUT2D eigenvalue weighted by Crippen LogP contribution is 2.18. The number of benzene rings is 2. The molecule has 0 radical (unpaired) electrons. The summed E-state index contributed by atoms with van der Waals surface area (Å²) in [5, 5.41) is 6.01. The molecule has 2 N–H and O–H groups in total.